The highest BCUT2D eigenvalue weighted by molar-refractivity contribution is 7.92. The molecule has 8 nitrogen and oxygen atoms in total. The molecular formula is C22H23F5N2O6S. The van der Waals surface area contributed by atoms with Crippen molar-refractivity contribution in [2.45, 2.75) is 43.2 Å². The van der Waals surface area contributed by atoms with Gasteiger partial charge in [-0.05, 0) is 49.2 Å². The summed E-state index contributed by atoms with van der Waals surface area (Å²) in [5.74, 6) is -6.37. The van der Waals surface area contributed by atoms with Gasteiger partial charge in [0.25, 0.3) is 10.0 Å². The van der Waals surface area contributed by atoms with E-state index in [1.165, 1.54) is 18.6 Å². The van der Waals surface area contributed by atoms with Crippen molar-refractivity contribution in [3.05, 3.63) is 53.6 Å². The van der Waals surface area contributed by atoms with Crippen molar-refractivity contribution in [2.24, 2.45) is 0 Å². The summed E-state index contributed by atoms with van der Waals surface area (Å²) in [7, 11) is -4.21. The van der Waals surface area contributed by atoms with Crippen LogP contribution in [0.3, 0.4) is 0 Å². The molecule has 2 aromatic rings. The summed E-state index contributed by atoms with van der Waals surface area (Å²) in [6.07, 6.45) is 0.188. The Labute approximate surface area is 203 Å². The molecule has 0 spiro atoms. The van der Waals surface area contributed by atoms with Gasteiger partial charge in [-0.1, -0.05) is 19.3 Å². The lowest BCUT2D eigenvalue weighted by molar-refractivity contribution is -0.192. The molecule has 0 radical (unpaired) electrons. The highest BCUT2D eigenvalue weighted by Gasteiger charge is 2.38. The molecule has 198 valence electrons. The molecule has 36 heavy (non-hydrogen) atoms. The van der Waals surface area contributed by atoms with Crippen LogP contribution >= 0.6 is 0 Å². The Balaban J connectivity index is 0.000000572. The summed E-state index contributed by atoms with van der Waals surface area (Å²) in [5, 5.41) is 16.8. The number of rotatable bonds is 5. The van der Waals surface area contributed by atoms with E-state index in [0.717, 1.165) is 50.9 Å². The molecule has 14 heteroatoms. The van der Waals surface area contributed by atoms with Crippen LogP contribution in [0.1, 0.15) is 42.5 Å². The number of carboxylic acid groups (broad SMARTS) is 2. The second-order valence-corrected chi connectivity index (χ2v) is 9.46. The van der Waals surface area contributed by atoms with Gasteiger partial charge in [0.15, 0.2) is 11.6 Å². The number of aromatic carboxylic acids is 1. The third-order valence-electron chi connectivity index (χ3n) is 5.12. The number of hydrogen-bond acceptors (Lipinski definition) is 5. The number of aliphatic carboxylic acids is 1. The van der Waals surface area contributed by atoms with E-state index in [-0.39, 0.29) is 11.3 Å². The van der Waals surface area contributed by atoms with E-state index in [1.54, 1.807) is 6.07 Å². The molecule has 0 aromatic heterocycles. The summed E-state index contributed by atoms with van der Waals surface area (Å²) in [6, 6.07) is 6.52. The molecule has 0 saturated carbocycles. The molecule has 0 bridgehead atoms. The van der Waals surface area contributed by atoms with Crippen LogP contribution in [0.5, 0.6) is 0 Å². The van der Waals surface area contributed by atoms with E-state index in [4.69, 9.17) is 9.90 Å². The van der Waals surface area contributed by atoms with E-state index < -0.39 is 44.7 Å². The SMILES string of the molecule is O=C(O)C(F)(F)F.O=C(O)c1cc(NS(=O)(=O)c2ccc(F)c(F)c2)ccc1N1CCCCCCC1. The fourth-order valence-corrected chi connectivity index (χ4v) is 4.45. The number of carboxylic acids is 2. The Bertz CT molecular complexity index is 1200. The predicted octanol–water partition coefficient (Wildman–Crippen LogP) is 4.87. The largest absolute Gasteiger partial charge is 0.490 e. The number of alkyl halides is 3. The summed E-state index contributed by atoms with van der Waals surface area (Å²) >= 11 is 0. The van der Waals surface area contributed by atoms with Crippen molar-refractivity contribution in [3.8, 4) is 0 Å². The van der Waals surface area contributed by atoms with E-state index >= 15 is 0 Å². The minimum Gasteiger partial charge on any atom is -0.478 e. The molecule has 0 amide bonds. The third-order valence-corrected chi connectivity index (χ3v) is 6.50. The summed E-state index contributed by atoms with van der Waals surface area (Å²) in [6.45, 7) is 1.47. The van der Waals surface area contributed by atoms with E-state index in [2.05, 4.69) is 4.72 Å². The van der Waals surface area contributed by atoms with E-state index in [0.29, 0.717) is 11.8 Å². The Kier molecular flexibility index (Phi) is 9.62. The lowest BCUT2D eigenvalue weighted by Gasteiger charge is -2.28. The summed E-state index contributed by atoms with van der Waals surface area (Å²) < 4.78 is 85.3. The Hall–Kier alpha value is -3.42. The second-order valence-electron chi connectivity index (χ2n) is 7.78. The van der Waals surface area contributed by atoms with Gasteiger partial charge in [0.2, 0.25) is 0 Å². The molecular weight excluding hydrogens is 515 g/mol. The first-order valence-electron chi connectivity index (χ1n) is 10.6. The van der Waals surface area contributed by atoms with Gasteiger partial charge >= 0.3 is 18.1 Å². The number of carbonyl (C=O) groups is 2. The van der Waals surface area contributed by atoms with Gasteiger partial charge in [0.05, 0.1) is 16.1 Å². The van der Waals surface area contributed by atoms with Crippen molar-refractivity contribution < 1.29 is 50.2 Å². The van der Waals surface area contributed by atoms with Gasteiger partial charge < -0.3 is 15.1 Å². The number of benzene rings is 2. The van der Waals surface area contributed by atoms with Crippen molar-refractivity contribution in [1.29, 1.82) is 0 Å². The molecule has 2 aromatic carbocycles. The minimum absolute atomic E-state index is 0.0175. The third kappa shape index (κ3) is 8.07. The molecule has 1 aliphatic rings. The zero-order valence-electron chi connectivity index (χ0n) is 18.7. The summed E-state index contributed by atoms with van der Waals surface area (Å²) in [4.78, 5) is 22.2. The Morgan fingerprint density at radius 3 is 1.92 bits per heavy atom. The van der Waals surface area contributed by atoms with Crippen LogP contribution in [0.15, 0.2) is 41.3 Å². The first-order chi connectivity index (χ1) is 16.7. The van der Waals surface area contributed by atoms with E-state index in [1.807, 2.05) is 4.90 Å². The van der Waals surface area contributed by atoms with Gasteiger partial charge in [-0.2, -0.15) is 13.2 Å². The van der Waals surface area contributed by atoms with Crippen LogP contribution in [-0.4, -0.2) is 49.8 Å². The van der Waals surface area contributed by atoms with Crippen LogP contribution in [0, 0.1) is 11.6 Å². The van der Waals surface area contributed by atoms with Crippen LogP contribution in [0.4, 0.5) is 33.3 Å². The molecule has 1 heterocycles. The molecule has 3 rings (SSSR count). The maximum absolute atomic E-state index is 13.4. The molecule has 0 unspecified atom stereocenters. The van der Waals surface area contributed by atoms with Crippen LogP contribution < -0.4 is 9.62 Å². The van der Waals surface area contributed by atoms with Crippen LogP contribution in [0.2, 0.25) is 0 Å². The number of hydrogen-bond donors (Lipinski definition) is 3. The Morgan fingerprint density at radius 1 is 0.861 bits per heavy atom. The predicted molar refractivity (Wildman–Crippen MR) is 120 cm³/mol. The van der Waals surface area contributed by atoms with Gasteiger partial charge in [-0.15, -0.1) is 0 Å². The number of halogens is 5. The van der Waals surface area contributed by atoms with E-state index in [9.17, 15) is 40.3 Å². The smallest absolute Gasteiger partial charge is 0.478 e. The molecule has 0 atom stereocenters. The van der Waals surface area contributed by atoms with Crippen molar-refractivity contribution in [1.82, 2.24) is 0 Å². The van der Waals surface area contributed by atoms with Crippen LogP contribution in [-0.2, 0) is 14.8 Å². The minimum atomic E-state index is -5.08. The maximum atomic E-state index is 13.4. The van der Waals surface area contributed by atoms with Gasteiger partial charge in [0.1, 0.15) is 0 Å². The van der Waals surface area contributed by atoms with Crippen molar-refractivity contribution in [2.75, 3.05) is 22.7 Å². The zero-order valence-corrected chi connectivity index (χ0v) is 19.5. The Morgan fingerprint density at radius 2 is 1.42 bits per heavy atom. The fourth-order valence-electron chi connectivity index (χ4n) is 3.39. The van der Waals surface area contributed by atoms with Gasteiger partial charge in [0, 0.05) is 18.8 Å². The highest BCUT2D eigenvalue weighted by atomic mass is 32.2. The molecule has 1 fully saturated rings. The fraction of sp³-hybridized carbons (Fsp3) is 0.364. The first-order valence-corrected chi connectivity index (χ1v) is 12.1. The van der Waals surface area contributed by atoms with Crippen LogP contribution in [0.25, 0.3) is 0 Å². The topological polar surface area (TPSA) is 124 Å². The lowest BCUT2D eigenvalue weighted by atomic mass is 10.1. The average Bonchev–Trinajstić information content (AvgIpc) is 2.75. The van der Waals surface area contributed by atoms with Gasteiger partial charge in [-0.3, -0.25) is 4.72 Å². The summed E-state index contributed by atoms with van der Waals surface area (Å²) in [5.41, 5.74) is 0.550. The standard InChI is InChI=1S/C20H22F2N2O4S.C2HF3O2/c21-17-8-7-15(13-18(17)22)29(27,28)23-14-6-9-19(16(12-14)20(25)26)24-10-4-2-1-3-5-11-24;3-2(4,5)1(6)7/h6-9,12-13,23H,1-5,10-11H2,(H,25,26);(H,6,7). The van der Waals surface area contributed by atoms with Crippen molar-refractivity contribution in [3.63, 3.8) is 0 Å². The lowest BCUT2D eigenvalue weighted by Crippen LogP contribution is -2.28. The highest BCUT2D eigenvalue weighted by Crippen LogP contribution is 2.28. The molecule has 3 N–H and O–H groups in total. The molecule has 1 saturated heterocycles. The normalized spacial score (nSPS) is 14.6. The number of nitrogens with zero attached hydrogens (tertiary/aromatic N) is 1. The number of nitrogens with one attached hydrogen (secondary N) is 1. The number of sulfonamides is 1. The first kappa shape index (κ1) is 28.8. The quantitative estimate of drug-likeness (QED) is 0.464. The molecule has 0 aliphatic carbocycles. The molecule has 1 aliphatic heterocycles. The second kappa shape index (κ2) is 12.0. The monoisotopic (exact) mass is 538 g/mol. The average molecular weight is 538 g/mol. The van der Waals surface area contributed by atoms with Crippen molar-refractivity contribution >= 4 is 33.3 Å². The maximum Gasteiger partial charge on any atom is 0.490 e. The van der Waals surface area contributed by atoms with Gasteiger partial charge in [-0.25, -0.2) is 26.8 Å². The number of anilines is 2. The zero-order chi connectivity index (χ0) is 27.1.